The first kappa shape index (κ1) is 17.7. The molecule has 22 heavy (non-hydrogen) atoms. The van der Waals surface area contributed by atoms with E-state index in [1.807, 2.05) is 0 Å². The fourth-order valence-electron chi connectivity index (χ4n) is 2.70. The monoisotopic (exact) mass is 342 g/mol. The van der Waals surface area contributed by atoms with Gasteiger partial charge in [0.05, 0.1) is 6.67 Å². The molecule has 5 nitrogen and oxygen atoms in total. The SMILES string of the molecule is CC[C@@H](C)N(CN1C(=S)SC2=NC(=O)CCCN21)[C@H](C)CC. The molecule has 0 aromatic heterocycles. The minimum Gasteiger partial charge on any atom is -0.279 e. The van der Waals surface area contributed by atoms with Gasteiger partial charge in [-0.15, -0.1) is 0 Å². The van der Waals surface area contributed by atoms with Crippen molar-refractivity contribution in [2.45, 2.75) is 65.5 Å². The molecule has 7 heteroatoms. The lowest BCUT2D eigenvalue weighted by Gasteiger charge is -2.39. The van der Waals surface area contributed by atoms with Crippen LogP contribution in [0.2, 0.25) is 0 Å². The Labute approximate surface area is 143 Å². The van der Waals surface area contributed by atoms with E-state index in [4.69, 9.17) is 12.2 Å². The van der Waals surface area contributed by atoms with Crippen LogP contribution in [0.25, 0.3) is 0 Å². The number of hydrogen-bond donors (Lipinski definition) is 0. The van der Waals surface area contributed by atoms with E-state index in [1.54, 1.807) is 0 Å². The molecule has 0 aliphatic carbocycles. The van der Waals surface area contributed by atoms with Gasteiger partial charge in [0.1, 0.15) is 0 Å². The van der Waals surface area contributed by atoms with Crippen molar-refractivity contribution in [3.63, 3.8) is 0 Å². The maximum Gasteiger partial charge on any atom is 0.248 e. The van der Waals surface area contributed by atoms with Crippen molar-refractivity contribution >= 4 is 39.4 Å². The average Bonchev–Trinajstić information content (AvgIpc) is 2.66. The highest BCUT2D eigenvalue weighted by atomic mass is 32.2. The number of amidine groups is 1. The number of hydrogen-bond acceptors (Lipinski definition) is 5. The van der Waals surface area contributed by atoms with E-state index in [9.17, 15) is 4.79 Å². The van der Waals surface area contributed by atoms with Gasteiger partial charge in [0.25, 0.3) is 0 Å². The summed E-state index contributed by atoms with van der Waals surface area (Å²) in [7, 11) is 0. The molecule has 1 saturated heterocycles. The van der Waals surface area contributed by atoms with Gasteiger partial charge in [-0.1, -0.05) is 26.1 Å². The second-order valence-electron chi connectivity index (χ2n) is 5.95. The maximum absolute atomic E-state index is 11.7. The summed E-state index contributed by atoms with van der Waals surface area (Å²) in [6.45, 7) is 10.5. The van der Waals surface area contributed by atoms with Gasteiger partial charge in [-0.05, 0) is 44.9 Å². The molecule has 124 valence electrons. The van der Waals surface area contributed by atoms with E-state index < -0.39 is 0 Å². The first-order chi connectivity index (χ1) is 10.5. The van der Waals surface area contributed by atoms with E-state index in [1.165, 1.54) is 11.8 Å². The molecular weight excluding hydrogens is 316 g/mol. The number of thiocarbonyl (C=S) groups is 1. The predicted octanol–water partition coefficient (Wildman–Crippen LogP) is 3.07. The molecule has 0 unspecified atom stereocenters. The van der Waals surface area contributed by atoms with E-state index in [2.05, 4.69) is 47.6 Å². The molecule has 0 N–H and O–H groups in total. The van der Waals surface area contributed by atoms with Crippen LogP contribution in [-0.2, 0) is 4.79 Å². The van der Waals surface area contributed by atoms with Crippen molar-refractivity contribution in [1.82, 2.24) is 14.9 Å². The summed E-state index contributed by atoms with van der Waals surface area (Å²) in [5, 5.41) is 4.96. The highest BCUT2D eigenvalue weighted by molar-refractivity contribution is 8.33. The second-order valence-corrected chi connectivity index (χ2v) is 7.55. The van der Waals surface area contributed by atoms with E-state index in [0.717, 1.165) is 42.0 Å². The molecule has 0 spiro atoms. The Morgan fingerprint density at radius 2 is 1.95 bits per heavy atom. The van der Waals surface area contributed by atoms with Crippen molar-refractivity contribution < 1.29 is 4.79 Å². The molecule has 0 radical (unpaired) electrons. The highest BCUT2D eigenvalue weighted by Gasteiger charge is 2.36. The number of thioether (sulfide) groups is 1. The predicted molar refractivity (Wildman–Crippen MR) is 96.6 cm³/mol. The molecule has 0 bridgehead atoms. The van der Waals surface area contributed by atoms with Gasteiger partial charge in [-0.25, -0.2) is 0 Å². The van der Waals surface area contributed by atoms with Crippen LogP contribution in [0.4, 0.5) is 0 Å². The maximum atomic E-state index is 11.7. The van der Waals surface area contributed by atoms with Crippen molar-refractivity contribution in [2.24, 2.45) is 4.99 Å². The zero-order valence-corrected chi connectivity index (χ0v) is 15.5. The fraction of sp³-hybridized carbons (Fsp3) is 0.800. The number of fused-ring (bicyclic) bond motifs is 1. The summed E-state index contributed by atoms with van der Waals surface area (Å²) < 4.78 is 0.796. The van der Waals surface area contributed by atoms with Crippen LogP contribution in [0.15, 0.2) is 4.99 Å². The van der Waals surface area contributed by atoms with Crippen LogP contribution in [0, 0.1) is 0 Å². The number of rotatable bonds is 6. The molecule has 2 aliphatic rings. The van der Waals surface area contributed by atoms with Gasteiger partial charge in [-0.3, -0.25) is 19.7 Å². The van der Waals surface area contributed by atoms with Crippen molar-refractivity contribution in [2.75, 3.05) is 13.2 Å². The third-order valence-corrected chi connectivity index (χ3v) is 5.82. The third-order valence-electron chi connectivity index (χ3n) is 4.49. The van der Waals surface area contributed by atoms with Gasteiger partial charge in [0.2, 0.25) is 5.91 Å². The number of amides is 1. The minimum absolute atomic E-state index is 0.0321. The van der Waals surface area contributed by atoms with Crippen molar-refractivity contribution in [3.8, 4) is 0 Å². The first-order valence-electron chi connectivity index (χ1n) is 8.11. The van der Waals surface area contributed by atoms with Crippen LogP contribution in [-0.4, -0.2) is 55.6 Å². The Morgan fingerprint density at radius 1 is 1.32 bits per heavy atom. The lowest BCUT2D eigenvalue weighted by molar-refractivity contribution is -0.117. The first-order valence-corrected chi connectivity index (χ1v) is 9.34. The molecule has 2 rings (SSSR count). The lowest BCUT2D eigenvalue weighted by Crippen LogP contribution is -2.52. The van der Waals surface area contributed by atoms with E-state index in [0.29, 0.717) is 18.5 Å². The molecular formula is C15H26N4OS2. The average molecular weight is 343 g/mol. The van der Waals surface area contributed by atoms with Crippen LogP contribution in [0.5, 0.6) is 0 Å². The van der Waals surface area contributed by atoms with Crippen LogP contribution < -0.4 is 0 Å². The smallest absolute Gasteiger partial charge is 0.248 e. The Balaban J connectivity index is 2.17. The van der Waals surface area contributed by atoms with Gasteiger partial charge < -0.3 is 0 Å². The summed E-state index contributed by atoms with van der Waals surface area (Å²) in [4.78, 5) is 18.4. The van der Waals surface area contributed by atoms with Gasteiger partial charge in [-0.2, -0.15) is 4.99 Å². The van der Waals surface area contributed by atoms with Gasteiger partial charge in [0, 0.05) is 25.0 Å². The lowest BCUT2D eigenvalue weighted by atomic mass is 10.1. The van der Waals surface area contributed by atoms with E-state index in [-0.39, 0.29) is 5.91 Å². The molecule has 0 aromatic carbocycles. The van der Waals surface area contributed by atoms with Crippen LogP contribution in [0.3, 0.4) is 0 Å². The zero-order chi connectivity index (χ0) is 16.3. The second kappa shape index (κ2) is 7.75. The molecule has 1 amide bonds. The fourth-order valence-corrected chi connectivity index (χ4v) is 3.94. The molecule has 2 heterocycles. The number of carbonyl (C=O) groups excluding carboxylic acids is 1. The number of carbonyl (C=O) groups is 1. The van der Waals surface area contributed by atoms with Crippen molar-refractivity contribution in [1.29, 1.82) is 0 Å². The normalized spacial score (nSPS) is 21.8. The molecule has 0 aromatic rings. The van der Waals surface area contributed by atoms with Crippen molar-refractivity contribution in [3.05, 3.63) is 0 Å². The molecule has 0 saturated carbocycles. The minimum atomic E-state index is -0.0321. The van der Waals surface area contributed by atoms with Gasteiger partial charge in [0.15, 0.2) is 9.49 Å². The standard InChI is InChI=1S/C15H26N4OS2/c1-5-11(3)17(12(4)6-2)10-19-15(21)22-14-16-13(20)8-7-9-18(14)19/h11-12H,5-10H2,1-4H3/t11-,12-/m1/s1. The highest BCUT2D eigenvalue weighted by Crippen LogP contribution is 2.29. The third kappa shape index (κ3) is 3.81. The summed E-state index contributed by atoms with van der Waals surface area (Å²) >= 11 is 6.97. The summed E-state index contributed by atoms with van der Waals surface area (Å²) in [6, 6.07) is 0.995. The quantitative estimate of drug-likeness (QED) is 0.691. The summed E-state index contributed by atoms with van der Waals surface area (Å²) in [5.41, 5.74) is 0. The Hall–Kier alpha value is -0.660. The zero-order valence-electron chi connectivity index (χ0n) is 13.9. The van der Waals surface area contributed by atoms with Gasteiger partial charge >= 0.3 is 0 Å². The summed E-state index contributed by atoms with van der Waals surface area (Å²) in [5.74, 6) is -0.0321. The van der Waals surface area contributed by atoms with E-state index >= 15 is 0 Å². The topological polar surface area (TPSA) is 39.1 Å². The molecule has 2 aliphatic heterocycles. The number of hydrazine groups is 1. The van der Waals surface area contributed by atoms with Crippen LogP contribution >= 0.6 is 24.0 Å². The molecule has 1 fully saturated rings. The molecule has 2 atom stereocenters. The van der Waals surface area contributed by atoms with Crippen LogP contribution in [0.1, 0.15) is 53.4 Å². The number of nitrogens with zero attached hydrogens (tertiary/aromatic N) is 4. The number of aliphatic imine (C=N–C) groups is 1. The Bertz CT molecular complexity index is 458. The summed E-state index contributed by atoms with van der Waals surface area (Å²) in [6.07, 6.45) is 3.58. The largest absolute Gasteiger partial charge is 0.279 e. The Morgan fingerprint density at radius 3 is 2.55 bits per heavy atom. The Kier molecular flexibility index (Phi) is 6.23.